The van der Waals surface area contributed by atoms with E-state index in [-0.39, 0.29) is 6.42 Å². The summed E-state index contributed by atoms with van der Waals surface area (Å²) in [6.07, 6.45) is 4.21. The van der Waals surface area contributed by atoms with Gasteiger partial charge in [-0.25, -0.2) is 4.98 Å². The molecule has 0 amide bonds. The molecular formula is C15H16N2O2. The lowest BCUT2D eigenvalue weighted by molar-refractivity contribution is -0.136. The average Bonchev–Trinajstić information content (AvgIpc) is 3.23. The van der Waals surface area contributed by atoms with Crippen molar-refractivity contribution < 1.29 is 9.90 Å². The first-order chi connectivity index (χ1) is 9.25. The molecule has 0 atom stereocenters. The first-order valence-electron chi connectivity index (χ1n) is 6.58. The van der Waals surface area contributed by atoms with Crippen molar-refractivity contribution in [1.82, 2.24) is 4.98 Å². The Morgan fingerprint density at radius 2 is 2.11 bits per heavy atom. The van der Waals surface area contributed by atoms with E-state index in [1.54, 1.807) is 6.20 Å². The lowest BCUT2D eigenvalue weighted by Crippen LogP contribution is -2.29. The molecule has 2 aromatic rings. The Kier molecular flexibility index (Phi) is 3.07. The van der Waals surface area contributed by atoms with Crippen LogP contribution in [0.1, 0.15) is 19.3 Å². The summed E-state index contributed by atoms with van der Waals surface area (Å²) in [5.41, 5.74) is 0. The number of carboxylic acid groups (broad SMARTS) is 1. The second-order valence-corrected chi connectivity index (χ2v) is 4.92. The van der Waals surface area contributed by atoms with Crippen LogP contribution in [-0.4, -0.2) is 28.6 Å². The topological polar surface area (TPSA) is 53.4 Å². The largest absolute Gasteiger partial charge is 0.481 e. The fourth-order valence-electron chi connectivity index (χ4n) is 2.40. The summed E-state index contributed by atoms with van der Waals surface area (Å²) in [6, 6.07) is 10.6. The number of rotatable bonds is 5. The summed E-state index contributed by atoms with van der Waals surface area (Å²) in [6.45, 7) is 0.529. The number of aliphatic carboxylic acids is 1. The zero-order chi connectivity index (χ0) is 13.2. The van der Waals surface area contributed by atoms with Gasteiger partial charge in [0.25, 0.3) is 0 Å². The number of nitrogens with zero attached hydrogens (tertiary/aromatic N) is 2. The van der Waals surface area contributed by atoms with Crippen LogP contribution in [0.3, 0.4) is 0 Å². The molecule has 0 aliphatic heterocycles. The van der Waals surface area contributed by atoms with Crippen molar-refractivity contribution in [3.05, 3.63) is 36.5 Å². The Hall–Kier alpha value is -2.10. The van der Waals surface area contributed by atoms with Gasteiger partial charge in [-0.15, -0.1) is 0 Å². The van der Waals surface area contributed by atoms with Crippen molar-refractivity contribution in [3.8, 4) is 0 Å². The fraction of sp³-hybridized carbons (Fsp3) is 0.333. The molecule has 0 bridgehead atoms. The molecule has 1 fully saturated rings. The number of aromatic nitrogens is 1. The monoisotopic (exact) mass is 256 g/mol. The van der Waals surface area contributed by atoms with Crippen molar-refractivity contribution in [2.45, 2.75) is 25.3 Å². The third-order valence-electron chi connectivity index (χ3n) is 3.48. The number of carbonyl (C=O) groups is 1. The van der Waals surface area contributed by atoms with E-state index in [0.717, 1.165) is 29.4 Å². The summed E-state index contributed by atoms with van der Waals surface area (Å²) >= 11 is 0. The molecule has 0 unspecified atom stereocenters. The fourth-order valence-corrected chi connectivity index (χ4v) is 2.40. The maximum absolute atomic E-state index is 10.8. The minimum atomic E-state index is -0.758. The van der Waals surface area contributed by atoms with E-state index in [2.05, 4.69) is 16.0 Å². The Labute approximate surface area is 111 Å². The maximum Gasteiger partial charge on any atom is 0.305 e. The van der Waals surface area contributed by atoms with Gasteiger partial charge in [-0.2, -0.15) is 0 Å². The van der Waals surface area contributed by atoms with Gasteiger partial charge >= 0.3 is 5.97 Å². The number of anilines is 1. The van der Waals surface area contributed by atoms with Crippen LogP contribution < -0.4 is 4.90 Å². The quantitative estimate of drug-likeness (QED) is 0.893. The maximum atomic E-state index is 10.8. The van der Waals surface area contributed by atoms with Gasteiger partial charge in [0.15, 0.2) is 0 Å². The van der Waals surface area contributed by atoms with E-state index in [0.29, 0.717) is 12.6 Å². The lowest BCUT2D eigenvalue weighted by Gasteiger charge is -2.24. The zero-order valence-corrected chi connectivity index (χ0v) is 10.6. The minimum absolute atomic E-state index is 0.154. The minimum Gasteiger partial charge on any atom is -0.481 e. The predicted molar refractivity (Wildman–Crippen MR) is 74.4 cm³/mol. The summed E-state index contributed by atoms with van der Waals surface area (Å²) < 4.78 is 0. The Bertz CT molecular complexity index is 603. The molecule has 0 saturated heterocycles. The molecule has 1 saturated carbocycles. The van der Waals surface area contributed by atoms with Crippen molar-refractivity contribution in [2.75, 3.05) is 11.4 Å². The number of hydrogen-bond acceptors (Lipinski definition) is 3. The van der Waals surface area contributed by atoms with E-state index in [9.17, 15) is 4.79 Å². The molecule has 98 valence electrons. The van der Waals surface area contributed by atoms with Gasteiger partial charge in [0, 0.05) is 24.2 Å². The highest BCUT2D eigenvalue weighted by Gasteiger charge is 2.30. The second-order valence-electron chi connectivity index (χ2n) is 4.92. The molecule has 1 aliphatic carbocycles. The molecule has 1 heterocycles. The highest BCUT2D eigenvalue weighted by atomic mass is 16.4. The smallest absolute Gasteiger partial charge is 0.305 e. The van der Waals surface area contributed by atoms with Crippen LogP contribution in [0.4, 0.5) is 5.82 Å². The Balaban J connectivity index is 1.97. The molecule has 1 N–H and O–H groups in total. The first kappa shape index (κ1) is 12.0. The molecule has 4 nitrogen and oxygen atoms in total. The Morgan fingerprint density at radius 3 is 2.84 bits per heavy atom. The van der Waals surface area contributed by atoms with Crippen molar-refractivity contribution >= 4 is 22.6 Å². The molecule has 1 aromatic carbocycles. The number of carboxylic acids is 1. The molecule has 0 spiro atoms. The van der Waals surface area contributed by atoms with E-state index in [1.165, 1.54) is 0 Å². The number of benzene rings is 1. The first-order valence-corrected chi connectivity index (χ1v) is 6.58. The third-order valence-corrected chi connectivity index (χ3v) is 3.48. The van der Waals surface area contributed by atoms with Gasteiger partial charge in [-0.3, -0.25) is 4.79 Å². The standard InChI is InChI=1S/C15H16N2O2/c18-14(19)8-10-17(12-5-6-12)15-13-4-2-1-3-11(13)7-9-16-15/h1-4,7,9,12H,5-6,8,10H2,(H,18,19). The molecule has 3 rings (SSSR count). The number of fused-ring (bicyclic) bond motifs is 1. The van der Waals surface area contributed by atoms with Crippen LogP contribution in [0.5, 0.6) is 0 Å². The summed E-state index contributed by atoms with van der Waals surface area (Å²) in [5.74, 6) is 0.160. The van der Waals surface area contributed by atoms with Gasteiger partial charge in [-0.1, -0.05) is 24.3 Å². The number of hydrogen-bond donors (Lipinski definition) is 1. The van der Waals surface area contributed by atoms with Gasteiger partial charge < -0.3 is 10.0 Å². The molecule has 4 heteroatoms. The highest BCUT2D eigenvalue weighted by molar-refractivity contribution is 5.92. The van der Waals surface area contributed by atoms with E-state index >= 15 is 0 Å². The van der Waals surface area contributed by atoms with Crippen LogP contribution in [-0.2, 0) is 4.79 Å². The van der Waals surface area contributed by atoms with E-state index < -0.39 is 5.97 Å². The van der Waals surface area contributed by atoms with E-state index in [1.807, 2.05) is 24.3 Å². The number of pyridine rings is 1. The third kappa shape index (κ3) is 2.52. The normalized spacial score (nSPS) is 14.5. The summed E-state index contributed by atoms with van der Waals surface area (Å²) in [7, 11) is 0. The van der Waals surface area contributed by atoms with Crippen LogP contribution in [0.15, 0.2) is 36.5 Å². The summed E-state index contributed by atoms with van der Waals surface area (Å²) in [5, 5.41) is 11.1. The molecule has 1 aliphatic rings. The molecule has 19 heavy (non-hydrogen) atoms. The van der Waals surface area contributed by atoms with Gasteiger partial charge in [-0.05, 0) is 24.3 Å². The van der Waals surface area contributed by atoms with Crippen LogP contribution in [0.25, 0.3) is 10.8 Å². The van der Waals surface area contributed by atoms with Crippen molar-refractivity contribution in [3.63, 3.8) is 0 Å². The van der Waals surface area contributed by atoms with Crippen LogP contribution in [0, 0.1) is 0 Å². The molecule has 1 aromatic heterocycles. The van der Waals surface area contributed by atoms with Crippen molar-refractivity contribution in [2.24, 2.45) is 0 Å². The Morgan fingerprint density at radius 1 is 1.32 bits per heavy atom. The SMILES string of the molecule is O=C(O)CCN(c1nccc2ccccc12)C1CC1. The average molecular weight is 256 g/mol. The van der Waals surface area contributed by atoms with Crippen molar-refractivity contribution in [1.29, 1.82) is 0 Å². The second kappa shape index (κ2) is 4.88. The molecule has 0 radical (unpaired) electrons. The van der Waals surface area contributed by atoms with Crippen LogP contribution in [0.2, 0.25) is 0 Å². The highest BCUT2D eigenvalue weighted by Crippen LogP contribution is 2.34. The van der Waals surface area contributed by atoms with E-state index in [4.69, 9.17) is 5.11 Å². The van der Waals surface area contributed by atoms with Gasteiger partial charge in [0.1, 0.15) is 5.82 Å². The molecular weight excluding hydrogens is 240 g/mol. The zero-order valence-electron chi connectivity index (χ0n) is 10.6. The predicted octanol–water partition coefficient (Wildman–Crippen LogP) is 2.68. The summed E-state index contributed by atoms with van der Waals surface area (Å²) in [4.78, 5) is 17.4. The van der Waals surface area contributed by atoms with Crippen LogP contribution >= 0.6 is 0 Å². The van der Waals surface area contributed by atoms with Gasteiger partial charge in [0.2, 0.25) is 0 Å². The van der Waals surface area contributed by atoms with Gasteiger partial charge in [0.05, 0.1) is 6.42 Å². The lowest BCUT2D eigenvalue weighted by atomic mass is 10.1.